The Kier molecular flexibility index (Phi) is 4.75. The summed E-state index contributed by atoms with van der Waals surface area (Å²) < 4.78 is 27.7. The quantitative estimate of drug-likeness (QED) is 0.340. The van der Waals surface area contributed by atoms with Crippen molar-refractivity contribution >= 4 is 27.5 Å². The zero-order chi connectivity index (χ0) is 15.5. The van der Waals surface area contributed by atoms with Crippen LogP contribution in [0, 0.1) is 0 Å². The number of nitrogens with one attached hydrogen (secondary N) is 1. The smallest absolute Gasteiger partial charge is 0.242 e. The molecule has 0 aromatic heterocycles. The number of rotatable bonds is 4. The Morgan fingerprint density at radius 3 is 2.48 bits per heavy atom. The van der Waals surface area contributed by atoms with Gasteiger partial charge in [0, 0.05) is 0 Å². The lowest BCUT2D eigenvalue weighted by Crippen LogP contribution is -2.58. The highest BCUT2D eigenvalue weighted by molar-refractivity contribution is 7.89. The number of sulfonamides is 1. The van der Waals surface area contributed by atoms with E-state index in [0.717, 1.165) is 19.3 Å². The Morgan fingerprint density at radius 2 is 1.90 bits per heavy atom. The van der Waals surface area contributed by atoms with Gasteiger partial charge in [-0.05, 0) is 25.0 Å². The highest BCUT2D eigenvalue weighted by Crippen LogP contribution is 2.31. The largest absolute Gasteiger partial charge is 0.409 e. The molecule has 1 fully saturated rings. The molecule has 116 valence electrons. The van der Waals surface area contributed by atoms with Crippen molar-refractivity contribution in [3.63, 3.8) is 0 Å². The van der Waals surface area contributed by atoms with Gasteiger partial charge < -0.3 is 10.9 Å². The van der Waals surface area contributed by atoms with Gasteiger partial charge in [0.05, 0.1) is 10.6 Å². The molecule has 0 radical (unpaired) electrons. The average Bonchev–Trinajstić information content (AvgIpc) is 2.47. The lowest BCUT2D eigenvalue weighted by molar-refractivity contribution is 0.294. The maximum atomic E-state index is 12.6. The van der Waals surface area contributed by atoms with E-state index in [1.54, 1.807) is 12.1 Å². The van der Waals surface area contributed by atoms with Crippen molar-refractivity contribution < 1.29 is 13.6 Å². The summed E-state index contributed by atoms with van der Waals surface area (Å²) in [5.74, 6) is -0.113. The molecule has 1 aromatic rings. The SMILES string of the molecule is N/C(=N/O)C1(NS(=O)(=O)c2ccccc2Cl)CCCCC1. The Hall–Kier alpha value is -1.31. The van der Waals surface area contributed by atoms with E-state index in [1.165, 1.54) is 12.1 Å². The minimum atomic E-state index is -3.86. The first kappa shape index (κ1) is 16.1. The molecule has 8 heteroatoms. The standard InChI is InChI=1S/C13H18ClN3O3S/c14-10-6-2-3-7-11(10)21(19,20)17-13(12(15)16-18)8-4-1-5-9-13/h2-3,6-7,17-18H,1,4-5,8-9H2,(H2,15,16). The fourth-order valence-corrected chi connectivity index (χ4v) is 4.59. The molecule has 1 aliphatic carbocycles. The van der Waals surface area contributed by atoms with E-state index in [2.05, 4.69) is 9.88 Å². The molecule has 0 saturated heterocycles. The number of nitrogens with zero attached hydrogens (tertiary/aromatic N) is 1. The van der Waals surface area contributed by atoms with E-state index < -0.39 is 15.6 Å². The molecule has 21 heavy (non-hydrogen) atoms. The summed E-state index contributed by atoms with van der Waals surface area (Å²) in [4.78, 5) is -0.0117. The number of oxime groups is 1. The molecule has 0 bridgehead atoms. The maximum Gasteiger partial charge on any atom is 0.242 e. The minimum absolute atomic E-state index is 0.0117. The van der Waals surface area contributed by atoms with Gasteiger partial charge in [0.2, 0.25) is 10.0 Å². The highest BCUT2D eigenvalue weighted by atomic mass is 35.5. The molecule has 2 rings (SSSR count). The van der Waals surface area contributed by atoms with Crippen molar-refractivity contribution in [2.75, 3.05) is 0 Å². The first-order valence-electron chi connectivity index (χ1n) is 6.68. The van der Waals surface area contributed by atoms with Crippen LogP contribution in [-0.4, -0.2) is 25.0 Å². The molecule has 6 nitrogen and oxygen atoms in total. The van der Waals surface area contributed by atoms with Crippen molar-refractivity contribution in [1.82, 2.24) is 4.72 Å². The van der Waals surface area contributed by atoms with Gasteiger partial charge >= 0.3 is 0 Å². The molecular weight excluding hydrogens is 314 g/mol. The Balaban J connectivity index is 2.39. The zero-order valence-corrected chi connectivity index (χ0v) is 13.0. The van der Waals surface area contributed by atoms with Crippen molar-refractivity contribution in [3.8, 4) is 0 Å². The van der Waals surface area contributed by atoms with Crippen LogP contribution >= 0.6 is 11.6 Å². The van der Waals surface area contributed by atoms with E-state index in [9.17, 15) is 8.42 Å². The molecule has 1 aromatic carbocycles. The number of amidine groups is 1. The summed E-state index contributed by atoms with van der Waals surface area (Å²) >= 11 is 5.96. The monoisotopic (exact) mass is 331 g/mol. The van der Waals surface area contributed by atoms with Crippen LogP contribution in [0.2, 0.25) is 5.02 Å². The second-order valence-electron chi connectivity index (χ2n) is 5.16. The second-order valence-corrected chi connectivity index (χ2v) is 7.22. The predicted octanol–water partition coefficient (Wildman–Crippen LogP) is 2.07. The summed E-state index contributed by atoms with van der Waals surface area (Å²) in [6.07, 6.45) is 3.59. The fraction of sp³-hybridized carbons (Fsp3) is 0.462. The second kappa shape index (κ2) is 6.21. The molecule has 0 spiro atoms. The van der Waals surface area contributed by atoms with Gasteiger partial charge in [-0.15, -0.1) is 0 Å². The van der Waals surface area contributed by atoms with Crippen LogP contribution in [0.5, 0.6) is 0 Å². The van der Waals surface area contributed by atoms with E-state index >= 15 is 0 Å². The van der Waals surface area contributed by atoms with Crippen LogP contribution in [0.1, 0.15) is 32.1 Å². The van der Waals surface area contributed by atoms with Crippen LogP contribution in [0.25, 0.3) is 0 Å². The number of halogens is 1. The number of hydrogen-bond acceptors (Lipinski definition) is 4. The molecule has 1 saturated carbocycles. The van der Waals surface area contributed by atoms with E-state index in [4.69, 9.17) is 22.5 Å². The van der Waals surface area contributed by atoms with Crippen molar-refractivity contribution in [1.29, 1.82) is 0 Å². The van der Waals surface area contributed by atoms with E-state index in [-0.39, 0.29) is 15.8 Å². The average molecular weight is 332 g/mol. The highest BCUT2D eigenvalue weighted by Gasteiger charge is 2.41. The Bertz CT molecular complexity index is 640. The van der Waals surface area contributed by atoms with Gasteiger partial charge in [-0.1, -0.05) is 48.2 Å². The molecule has 0 heterocycles. The van der Waals surface area contributed by atoms with Crippen LogP contribution in [0.15, 0.2) is 34.3 Å². The summed E-state index contributed by atoms with van der Waals surface area (Å²) in [5.41, 5.74) is 4.70. The van der Waals surface area contributed by atoms with E-state index in [0.29, 0.717) is 12.8 Å². The molecular formula is C13H18ClN3O3S. The maximum absolute atomic E-state index is 12.6. The molecule has 0 amide bonds. The third-order valence-corrected chi connectivity index (χ3v) is 5.80. The number of hydrogen-bond donors (Lipinski definition) is 3. The van der Waals surface area contributed by atoms with Gasteiger partial charge in [-0.3, -0.25) is 0 Å². The van der Waals surface area contributed by atoms with Gasteiger partial charge in [-0.2, -0.15) is 4.72 Å². The van der Waals surface area contributed by atoms with E-state index in [1.807, 2.05) is 0 Å². The first-order valence-corrected chi connectivity index (χ1v) is 8.54. The normalized spacial score (nSPS) is 19.4. The van der Waals surface area contributed by atoms with Crippen LogP contribution < -0.4 is 10.5 Å². The minimum Gasteiger partial charge on any atom is -0.409 e. The van der Waals surface area contributed by atoms with Crippen LogP contribution in [0.3, 0.4) is 0 Å². The lowest BCUT2D eigenvalue weighted by Gasteiger charge is -2.36. The van der Waals surface area contributed by atoms with Crippen LogP contribution in [0.4, 0.5) is 0 Å². The van der Waals surface area contributed by atoms with Gasteiger partial charge in [0.25, 0.3) is 0 Å². The summed E-state index contributed by atoms with van der Waals surface area (Å²) in [6, 6.07) is 6.18. The first-order chi connectivity index (χ1) is 9.91. The third kappa shape index (κ3) is 3.30. The summed E-state index contributed by atoms with van der Waals surface area (Å²) in [6.45, 7) is 0. The molecule has 4 N–H and O–H groups in total. The Labute approximate surface area is 129 Å². The molecule has 0 unspecified atom stereocenters. The zero-order valence-electron chi connectivity index (χ0n) is 11.4. The van der Waals surface area contributed by atoms with Crippen molar-refractivity contribution in [3.05, 3.63) is 29.3 Å². The lowest BCUT2D eigenvalue weighted by atomic mass is 9.82. The fourth-order valence-electron chi connectivity index (χ4n) is 2.64. The molecule has 1 aliphatic rings. The summed E-state index contributed by atoms with van der Waals surface area (Å²) in [5, 5.41) is 12.1. The number of benzene rings is 1. The van der Waals surface area contributed by atoms with Gasteiger partial charge in [-0.25, -0.2) is 8.42 Å². The molecule has 0 aliphatic heterocycles. The summed E-state index contributed by atoms with van der Waals surface area (Å²) in [7, 11) is -3.86. The number of nitrogens with two attached hydrogens (primary N) is 1. The predicted molar refractivity (Wildman–Crippen MR) is 81.0 cm³/mol. The molecule has 0 atom stereocenters. The van der Waals surface area contributed by atoms with Gasteiger partial charge in [0.1, 0.15) is 4.90 Å². The topological polar surface area (TPSA) is 105 Å². The Morgan fingerprint density at radius 1 is 1.29 bits per heavy atom. The van der Waals surface area contributed by atoms with Crippen molar-refractivity contribution in [2.24, 2.45) is 10.9 Å². The van der Waals surface area contributed by atoms with Crippen LogP contribution in [-0.2, 0) is 10.0 Å². The third-order valence-electron chi connectivity index (χ3n) is 3.76. The van der Waals surface area contributed by atoms with Gasteiger partial charge in [0.15, 0.2) is 5.84 Å². The van der Waals surface area contributed by atoms with Crippen molar-refractivity contribution in [2.45, 2.75) is 42.5 Å².